The summed E-state index contributed by atoms with van der Waals surface area (Å²) < 4.78 is 0.953. The van der Waals surface area contributed by atoms with Gasteiger partial charge in [0.1, 0.15) is 0 Å². The molecule has 0 saturated heterocycles. The Kier molecular flexibility index (Phi) is 4.26. The molecule has 17 heavy (non-hydrogen) atoms. The van der Waals surface area contributed by atoms with Gasteiger partial charge in [0.15, 0.2) is 0 Å². The number of hydrogen-bond acceptors (Lipinski definition) is 2. The molecule has 1 atom stereocenters. The topological polar surface area (TPSA) is 26.0 Å². The van der Waals surface area contributed by atoms with Gasteiger partial charge in [-0.1, -0.05) is 41.4 Å². The summed E-state index contributed by atoms with van der Waals surface area (Å²) in [5.41, 5.74) is 8.72. The predicted octanol–water partition coefficient (Wildman–Crippen LogP) is 4.71. The highest BCUT2D eigenvalue weighted by Crippen LogP contribution is 2.35. The minimum atomic E-state index is 0.00519. The average Bonchev–Trinajstić information content (AvgIpc) is 2.59. The normalized spacial score (nSPS) is 12.7. The molecule has 0 spiro atoms. The van der Waals surface area contributed by atoms with E-state index in [2.05, 4.69) is 47.1 Å². The summed E-state index contributed by atoms with van der Waals surface area (Å²) in [7, 11) is 0. The van der Waals surface area contributed by atoms with E-state index in [1.54, 1.807) is 11.3 Å². The zero-order chi connectivity index (χ0) is 12.4. The van der Waals surface area contributed by atoms with Gasteiger partial charge in [-0.05, 0) is 40.9 Å². The lowest BCUT2D eigenvalue weighted by atomic mass is 10.0. The third-order valence-electron chi connectivity index (χ3n) is 2.57. The standard InChI is InChI=1S/C13H13BrClNS/c1-8-3-2-4-9(5-8)6-11(16)12-7-10(15)13(14)17-12/h2-5,7,11H,6,16H2,1H3. The molecular weight excluding hydrogens is 318 g/mol. The summed E-state index contributed by atoms with van der Waals surface area (Å²) in [6.07, 6.45) is 0.838. The Balaban J connectivity index is 2.14. The largest absolute Gasteiger partial charge is 0.323 e. The minimum Gasteiger partial charge on any atom is -0.323 e. The van der Waals surface area contributed by atoms with Gasteiger partial charge in [-0.25, -0.2) is 0 Å². The number of hydrogen-bond donors (Lipinski definition) is 1. The van der Waals surface area contributed by atoms with Crippen molar-refractivity contribution in [2.24, 2.45) is 5.73 Å². The van der Waals surface area contributed by atoms with Crippen LogP contribution in [0.5, 0.6) is 0 Å². The van der Waals surface area contributed by atoms with Crippen LogP contribution in [0.25, 0.3) is 0 Å². The zero-order valence-electron chi connectivity index (χ0n) is 9.41. The van der Waals surface area contributed by atoms with Gasteiger partial charge in [0.2, 0.25) is 0 Å². The minimum absolute atomic E-state index is 0.00519. The molecule has 1 aromatic heterocycles. The van der Waals surface area contributed by atoms with Crippen molar-refractivity contribution in [2.75, 3.05) is 0 Å². The van der Waals surface area contributed by atoms with Crippen molar-refractivity contribution in [3.63, 3.8) is 0 Å². The fourth-order valence-corrected chi connectivity index (χ4v) is 3.49. The predicted molar refractivity (Wildman–Crippen MR) is 78.8 cm³/mol. The number of nitrogens with two attached hydrogens (primary N) is 1. The van der Waals surface area contributed by atoms with Crippen LogP contribution in [0.15, 0.2) is 34.1 Å². The van der Waals surface area contributed by atoms with E-state index in [0.717, 1.165) is 20.1 Å². The van der Waals surface area contributed by atoms with Crippen molar-refractivity contribution < 1.29 is 0 Å². The van der Waals surface area contributed by atoms with Crippen molar-refractivity contribution in [3.8, 4) is 0 Å². The maximum atomic E-state index is 6.19. The van der Waals surface area contributed by atoms with Gasteiger partial charge in [0, 0.05) is 10.9 Å². The molecule has 90 valence electrons. The van der Waals surface area contributed by atoms with E-state index in [1.807, 2.05) is 6.07 Å². The van der Waals surface area contributed by atoms with Crippen LogP contribution in [0.1, 0.15) is 22.0 Å². The second kappa shape index (κ2) is 5.53. The van der Waals surface area contributed by atoms with Crippen molar-refractivity contribution in [1.82, 2.24) is 0 Å². The van der Waals surface area contributed by atoms with E-state index in [0.29, 0.717) is 0 Å². The summed E-state index contributed by atoms with van der Waals surface area (Å²) >= 11 is 11.0. The first-order valence-electron chi connectivity index (χ1n) is 5.32. The molecule has 0 aliphatic rings. The Labute approximate surface area is 119 Å². The van der Waals surface area contributed by atoms with Gasteiger partial charge in [0.25, 0.3) is 0 Å². The molecule has 1 unspecified atom stereocenters. The van der Waals surface area contributed by atoms with E-state index in [4.69, 9.17) is 17.3 Å². The van der Waals surface area contributed by atoms with Crippen LogP contribution >= 0.6 is 38.9 Å². The lowest BCUT2D eigenvalue weighted by Gasteiger charge is -2.09. The highest BCUT2D eigenvalue weighted by atomic mass is 79.9. The molecule has 0 bridgehead atoms. The molecule has 1 nitrogen and oxygen atoms in total. The lowest BCUT2D eigenvalue weighted by Crippen LogP contribution is -2.11. The second-order valence-corrected chi connectivity index (χ2v) is 6.88. The Bertz CT molecular complexity index is 504. The van der Waals surface area contributed by atoms with Crippen molar-refractivity contribution in [3.05, 3.63) is 55.1 Å². The number of thiophene rings is 1. The molecule has 0 aliphatic heterocycles. The zero-order valence-corrected chi connectivity index (χ0v) is 12.6. The number of halogens is 2. The molecular formula is C13H13BrClNS. The average molecular weight is 331 g/mol. The maximum absolute atomic E-state index is 6.19. The highest BCUT2D eigenvalue weighted by Gasteiger charge is 2.12. The molecule has 2 N–H and O–H groups in total. The van der Waals surface area contributed by atoms with Crippen molar-refractivity contribution in [2.45, 2.75) is 19.4 Å². The first kappa shape index (κ1) is 13.1. The Hall–Kier alpha value is -0.350. The van der Waals surface area contributed by atoms with E-state index in [9.17, 15) is 0 Å². The van der Waals surface area contributed by atoms with Gasteiger partial charge in [-0.2, -0.15) is 0 Å². The first-order valence-corrected chi connectivity index (χ1v) is 7.31. The van der Waals surface area contributed by atoms with Gasteiger partial charge in [-0.3, -0.25) is 0 Å². The van der Waals surface area contributed by atoms with Crippen LogP contribution in [-0.2, 0) is 6.42 Å². The maximum Gasteiger partial charge on any atom is 0.0887 e. The van der Waals surface area contributed by atoms with Crippen molar-refractivity contribution >= 4 is 38.9 Å². The van der Waals surface area contributed by atoms with Crippen LogP contribution in [0.2, 0.25) is 5.02 Å². The van der Waals surface area contributed by atoms with E-state index < -0.39 is 0 Å². The van der Waals surface area contributed by atoms with Gasteiger partial charge < -0.3 is 5.73 Å². The van der Waals surface area contributed by atoms with Crippen LogP contribution in [-0.4, -0.2) is 0 Å². The van der Waals surface area contributed by atoms with E-state index in [1.165, 1.54) is 11.1 Å². The molecule has 0 radical (unpaired) electrons. The van der Waals surface area contributed by atoms with Gasteiger partial charge >= 0.3 is 0 Å². The molecule has 0 aliphatic carbocycles. The molecule has 1 aromatic carbocycles. The smallest absolute Gasteiger partial charge is 0.0887 e. The number of rotatable bonds is 3. The van der Waals surface area contributed by atoms with Crippen LogP contribution in [0.4, 0.5) is 0 Å². The number of benzene rings is 1. The Morgan fingerprint density at radius 1 is 1.41 bits per heavy atom. The lowest BCUT2D eigenvalue weighted by molar-refractivity contribution is 0.736. The number of aryl methyl sites for hydroxylation is 1. The van der Waals surface area contributed by atoms with Gasteiger partial charge in [0.05, 0.1) is 8.81 Å². The monoisotopic (exact) mass is 329 g/mol. The third kappa shape index (κ3) is 3.32. The summed E-state index contributed by atoms with van der Waals surface area (Å²) in [5.74, 6) is 0. The van der Waals surface area contributed by atoms with Gasteiger partial charge in [-0.15, -0.1) is 11.3 Å². The van der Waals surface area contributed by atoms with Crippen LogP contribution < -0.4 is 5.73 Å². The van der Waals surface area contributed by atoms with Crippen molar-refractivity contribution in [1.29, 1.82) is 0 Å². The Morgan fingerprint density at radius 2 is 2.18 bits per heavy atom. The van der Waals surface area contributed by atoms with Crippen LogP contribution in [0.3, 0.4) is 0 Å². The molecule has 0 amide bonds. The molecule has 1 heterocycles. The molecule has 0 saturated carbocycles. The third-order valence-corrected chi connectivity index (χ3v) is 5.17. The molecule has 2 rings (SSSR count). The molecule has 0 fully saturated rings. The Morgan fingerprint density at radius 3 is 2.76 bits per heavy atom. The fraction of sp³-hybridized carbons (Fsp3) is 0.231. The fourth-order valence-electron chi connectivity index (χ4n) is 1.74. The van der Waals surface area contributed by atoms with E-state index >= 15 is 0 Å². The summed E-state index contributed by atoms with van der Waals surface area (Å²) in [4.78, 5) is 1.11. The SMILES string of the molecule is Cc1cccc(CC(N)c2cc(Cl)c(Br)s2)c1. The summed E-state index contributed by atoms with van der Waals surface area (Å²) in [5, 5.41) is 0.740. The second-order valence-electron chi connectivity index (χ2n) is 4.07. The molecule has 4 heteroatoms. The highest BCUT2D eigenvalue weighted by molar-refractivity contribution is 9.11. The van der Waals surface area contributed by atoms with E-state index in [-0.39, 0.29) is 6.04 Å². The summed E-state index contributed by atoms with van der Waals surface area (Å²) in [6, 6.07) is 10.4. The summed E-state index contributed by atoms with van der Waals surface area (Å²) in [6.45, 7) is 2.09. The quantitative estimate of drug-likeness (QED) is 0.866. The first-order chi connectivity index (χ1) is 8.06. The molecule has 2 aromatic rings. The van der Waals surface area contributed by atoms with Crippen LogP contribution in [0, 0.1) is 6.92 Å².